The Bertz CT molecular complexity index is 1260. The lowest BCUT2D eigenvalue weighted by atomic mass is 10.2. The van der Waals surface area contributed by atoms with Gasteiger partial charge in [0.2, 0.25) is 5.43 Å². The Hall–Kier alpha value is -3.71. The van der Waals surface area contributed by atoms with Gasteiger partial charge in [-0.3, -0.25) is 14.3 Å². The number of nitrogens with zero attached hydrogens (tertiary/aromatic N) is 3. The van der Waals surface area contributed by atoms with Gasteiger partial charge in [-0.15, -0.1) is 0 Å². The van der Waals surface area contributed by atoms with E-state index in [4.69, 9.17) is 16.0 Å². The SMILES string of the molecule is O=C(N/N=C/c1coc2ccccc2c1=O)c1ccn(Cc2ccc(Cl)cc2)n1. The van der Waals surface area contributed by atoms with Crippen LogP contribution in [0.15, 0.2) is 81.4 Å². The molecule has 7 nitrogen and oxygen atoms in total. The van der Waals surface area contributed by atoms with E-state index in [1.807, 2.05) is 12.1 Å². The number of fused-ring (bicyclic) bond motifs is 1. The van der Waals surface area contributed by atoms with Crippen molar-refractivity contribution in [3.8, 4) is 0 Å². The van der Waals surface area contributed by atoms with Crippen LogP contribution in [-0.4, -0.2) is 21.9 Å². The predicted octanol–water partition coefficient (Wildman–Crippen LogP) is 3.46. The largest absolute Gasteiger partial charge is 0.463 e. The van der Waals surface area contributed by atoms with E-state index in [1.54, 1.807) is 53.3 Å². The second-order valence-electron chi connectivity index (χ2n) is 6.24. The van der Waals surface area contributed by atoms with E-state index in [-0.39, 0.29) is 16.7 Å². The summed E-state index contributed by atoms with van der Waals surface area (Å²) in [5, 5.41) is 9.18. The molecule has 1 amide bonds. The second-order valence-corrected chi connectivity index (χ2v) is 6.68. The molecule has 1 N–H and O–H groups in total. The van der Waals surface area contributed by atoms with Crippen LogP contribution in [-0.2, 0) is 6.54 Å². The van der Waals surface area contributed by atoms with Crippen molar-refractivity contribution in [2.45, 2.75) is 6.54 Å². The molecule has 2 aromatic carbocycles. The van der Waals surface area contributed by atoms with Crippen molar-refractivity contribution in [2.24, 2.45) is 5.10 Å². The molecule has 0 spiro atoms. The molecule has 0 fully saturated rings. The number of nitrogens with one attached hydrogen (secondary N) is 1. The fourth-order valence-electron chi connectivity index (χ4n) is 2.75. The minimum atomic E-state index is -0.485. The average molecular weight is 407 g/mol. The monoisotopic (exact) mass is 406 g/mol. The summed E-state index contributed by atoms with van der Waals surface area (Å²) in [6, 6.07) is 15.9. The first-order valence-corrected chi connectivity index (χ1v) is 9.10. The summed E-state index contributed by atoms with van der Waals surface area (Å²) in [5.41, 5.74) is 4.08. The van der Waals surface area contributed by atoms with E-state index in [0.29, 0.717) is 22.5 Å². The van der Waals surface area contributed by atoms with Crippen molar-refractivity contribution in [2.75, 3.05) is 0 Å². The molecule has 144 valence electrons. The van der Waals surface area contributed by atoms with Gasteiger partial charge in [0.25, 0.3) is 5.91 Å². The van der Waals surface area contributed by atoms with Crippen LogP contribution in [0.5, 0.6) is 0 Å². The number of hydrogen-bond donors (Lipinski definition) is 1. The van der Waals surface area contributed by atoms with Crippen LogP contribution >= 0.6 is 11.6 Å². The first kappa shape index (κ1) is 18.6. The number of aromatic nitrogens is 2. The van der Waals surface area contributed by atoms with Crippen molar-refractivity contribution < 1.29 is 9.21 Å². The van der Waals surface area contributed by atoms with Gasteiger partial charge in [0.05, 0.1) is 23.7 Å². The molecule has 2 heterocycles. The summed E-state index contributed by atoms with van der Waals surface area (Å²) < 4.78 is 7.04. The molecule has 0 atom stereocenters. The van der Waals surface area contributed by atoms with Gasteiger partial charge in [-0.1, -0.05) is 35.9 Å². The number of para-hydroxylation sites is 1. The van der Waals surface area contributed by atoms with E-state index in [9.17, 15) is 9.59 Å². The van der Waals surface area contributed by atoms with E-state index in [0.717, 1.165) is 5.56 Å². The minimum Gasteiger partial charge on any atom is -0.463 e. The van der Waals surface area contributed by atoms with Crippen molar-refractivity contribution in [3.63, 3.8) is 0 Å². The maximum Gasteiger partial charge on any atom is 0.291 e. The van der Waals surface area contributed by atoms with Crippen molar-refractivity contribution in [1.82, 2.24) is 15.2 Å². The first-order valence-electron chi connectivity index (χ1n) is 8.72. The summed E-state index contributed by atoms with van der Waals surface area (Å²) in [6.07, 6.45) is 4.26. The van der Waals surface area contributed by atoms with Crippen molar-refractivity contribution >= 4 is 34.7 Å². The maximum atomic E-state index is 12.4. The Morgan fingerprint density at radius 3 is 2.79 bits per heavy atom. The highest BCUT2D eigenvalue weighted by Gasteiger charge is 2.09. The normalized spacial score (nSPS) is 11.2. The third kappa shape index (κ3) is 4.25. The molecule has 0 bridgehead atoms. The fraction of sp³-hybridized carbons (Fsp3) is 0.0476. The number of hydrogen-bond acceptors (Lipinski definition) is 5. The summed E-state index contributed by atoms with van der Waals surface area (Å²) in [5.74, 6) is -0.485. The Kier molecular flexibility index (Phi) is 5.22. The standard InChI is InChI=1S/C21H15ClN4O3/c22-16-7-5-14(6-8-16)12-26-10-9-18(25-26)21(28)24-23-11-15-13-29-19-4-2-1-3-17(19)20(15)27/h1-11,13H,12H2,(H,24,28)/b23-11+. The van der Waals surface area contributed by atoms with E-state index in [2.05, 4.69) is 15.6 Å². The van der Waals surface area contributed by atoms with E-state index >= 15 is 0 Å². The number of halogens is 1. The zero-order valence-corrected chi connectivity index (χ0v) is 15.8. The molecule has 2 aromatic heterocycles. The van der Waals surface area contributed by atoms with Gasteiger partial charge in [-0.2, -0.15) is 10.2 Å². The Morgan fingerprint density at radius 1 is 1.17 bits per heavy atom. The van der Waals surface area contributed by atoms with Crippen LogP contribution in [0.1, 0.15) is 21.6 Å². The summed E-state index contributed by atoms with van der Waals surface area (Å²) >= 11 is 5.88. The molecule has 0 unspecified atom stereocenters. The van der Waals surface area contributed by atoms with Gasteiger partial charge in [-0.25, -0.2) is 5.43 Å². The lowest BCUT2D eigenvalue weighted by molar-refractivity contribution is 0.0949. The fourth-order valence-corrected chi connectivity index (χ4v) is 2.87. The molecule has 4 aromatic rings. The number of carbonyl (C=O) groups is 1. The minimum absolute atomic E-state index is 0.210. The summed E-state index contributed by atoms with van der Waals surface area (Å²) in [6.45, 7) is 0.506. The Labute approximate surface area is 170 Å². The number of hydrazone groups is 1. The zero-order chi connectivity index (χ0) is 20.2. The number of rotatable bonds is 5. The van der Waals surface area contributed by atoms with Gasteiger partial charge < -0.3 is 4.42 Å². The molecule has 0 aliphatic heterocycles. The molecule has 0 aliphatic carbocycles. The van der Waals surface area contributed by atoms with Gasteiger partial charge >= 0.3 is 0 Å². The summed E-state index contributed by atoms with van der Waals surface area (Å²) in [4.78, 5) is 24.6. The predicted molar refractivity (Wildman–Crippen MR) is 110 cm³/mol. The molecule has 0 radical (unpaired) electrons. The van der Waals surface area contributed by atoms with Crippen LogP contribution in [0.25, 0.3) is 11.0 Å². The van der Waals surface area contributed by atoms with Crippen LogP contribution in [0.2, 0.25) is 5.02 Å². The highest BCUT2D eigenvalue weighted by Crippen LogP contribution is 2.11. The molecular formula is C21H15ClN4O3. The topological polar surface area (TPSA) is 89.5 Å². The van der Waals surface area contributed by atoms with Gasteiger partial charge in [0.15, 0.2) is 5.69 Å². The summed E-state index contributed by atoms with van der Waals surface area (Å²) in [7, 11) is 0. The van der Waals surface area contributed by atoms with Crippen LogP contribution < -0.4 is 10.9 Å². The molecule has 8 heteroatoms. The average Bonchev–Trinajstić information content (AvgIpc) is 3.20. The molecule has 4 rings (SSSR count). The zero-order valence-electron chi connectivity index (χ0n) is 15.1. The molecule has 0 saturated carbocycles. The van der Waals surface area contributed by atoms with E-state index < -0.39 is 5.91 Å². The van der Waals surface area contributed by atoms with Crippen LogP contribution in [0.4, 0.5) is 0 Å². The van der Waals surface area contributed by atoms with Gasteiger partial charge in [0, 0.05) is 11.2 Å². The highest BCUT2D eigenvalue weighted by atomic mass is 35.5. The van der Waals surface area contributed by atoms with Crippen molar-refractivity contribution in [3.05, 3.63) is 99.1 Å². The molecule has 29 heavy (non-hydrogen) atoms. The number of carbonyl (C=O) groups excluding carboxylic acids is 1. The number of benzene rings is 2. The molecular weight excluding hydrogens is 392 g/mol. The quantitative estimate of drug-likeness (QED) is 0.406. The smallest absolute Gasteiger partial charge is 0.291 e. The Morgan fingerprint density at radius 2 is 1.97 bits per heavy atom. The number of amides is 1. The second kappa shape index (κ2) is 8.12. The van der Waals surface area contributed by atoms with E-state index in [1.165, 1.54) is 12.5 Å². The lowest BCUT2D eigenvalue weighted by Gasteiger charge is -2.02. The van der Waals surface area contributed by atoms with Crippen LogP contribution in [0.3, 0.4) is 0 Å². The highest BCUT2D eigenvalue weighted by molar-refractivity contribution is 6.30. The first-order chi connectivity index (χ1) is 14.1. The third-order valence-electron chi connectivity index (χ3n) is 4.21. The van der Waals surface area contributed by atoms with Crippen molar-refractivity contribution in [1.29, 1.82) is 0 Å². The lowest BCUT2D eigenvalue weighted by Crippen LogP contribution is -2.19. The Balaban J connectivity index is 1.42. The third-order valence-corrected chi connectivity index (χ3v) is 4.46. The van der Waals surface area contributed by atoms with Gasteiger partial charge in [-0.05, 0) is 35.9 Å². The van der Waals surface area contributed by atoms with Gasteiger partial charge in [0.1, 0.15) is 11.8 Å². The van der Waals surface area contributed by atoms with Crippen LogP contribution in [0, 0.1) is 0 Å². The molecule has 0 aliphatic rings. The molecule has 0 saturated heterocycles. The maximum absolute atomic E-state index is 12.4.